The molecular weight excluding hydrogens is 230 g/mol. The maximum atomic E-state index is 8.57. The van der Waals surface area contributed by atoms with E-state index in [0.29, 0.717) is 24.3 Å². The van der Waals surface area contributed by atoms with Gasteiger partial charge >= 0.3 is 0 Å². The second-order valence-electron chi connectivity index (χ2n) is 5.48. The van der Waals surface area contributed by atoms with E-state index >= 15 is 0 Å². The highest BCUT2D eigenvalue weighted by molar-refractivity contribution is 5.79. The molecule has 1 atom stereocenters. The van der Waals surface area contributed by atoms with E-state index < -0.39 is 0 Å². The molecule has 3 N–H and O–H groups in total. The van der Waals surface area contributed by atoms with E-state index in [1.165, 1.54) is 12.8 Å². The van der Waals surface area contributed by atoms with Crippen LogP contribution in [0.3, 0.4) is 0 Å². The Kier molecular flexibility index (Phi) is 7.05. The fourth-order valence-corrected chi connectivity index (χ4v) is 2.34. The second kappa shape index (κ2) is 8.32. The molecule has 5 nitrogen and oxygen atoms in total. The van der Waals surface area contributed by atoms with E-state index in [0.717, 1.165) is 32.7 Å². The molecule has 1 unspecified atom stereocenters. The maximum Gasteiger partial charge on any atom is 0.140 e. The van der Waals surface area contributed by atoms with Gasteiger partial charge in [0, 0.05) is 32.7 Å². The Hall–Kier alpha value is -0.810. The average Bonchev–Trinajstić information content (AvgIpc) is 2.36. The van der Waals surface area contributed by atoms with Crippen LogP contribution >= 0.6 is 0 Å². The zero-order valence-electron chi connectivity index (χ0n) is 11.6. The van der Waals surface area contributed by atoms with Crippen molar-refractivity contribution < 1.29 is 9.94 Å². The largest absolute Gasteiger partial charge is 0.409 e. The van der Waals surface area contributed by atoms with E-state index in [1.54, 1.807) is 0 Å². The molecule has 1 aliphatic heterocycles. The number of nitrogens with zero attached hydrogens (tertiary/aromatic N) is 2. The van der Waals surface area contributed by atoms with Gasteiger partial charge in [-0.3, -0.25) is 0 Å². The summed E-state index contributed by atoms with van der Waals surface area (Å²) in [6.07, 6.45) is 4.56. The Morgan fingerprint density at radius 3 is 2.83 bits per heavy atom. The fraction of sp³-hybridized carbons (Fsp3) is 0.923. The van der Waals surface area contributed by atoms with Crippen LogP contribution < -0.4 is 5.73 Å². The van der Waals surface area contributed by atoms with Crippen LogP contribution in [0.15, 0.2) is 5.16 Å². The molecule has 0 aromatic carbocycles. The van der Waals surface area contributed by atoms with Crippen LogP contribution in [0.4, 0.5) is 0 Å². The SMILES string of the molecule is CC(C)CN(CCC(N)=NO)CC1CCCCO1. The molecule has 0 aliphatic carbocycles. The predicted molar refractivity (Wildman–Crippen MR) is 72.9 cm³/mol. The van der Waals surface area contributed by atoms with Gasteiger partial charge in [0.2, 0.25) is 0 Å². The standard InChI is InChI=1S/C13H27N3O2/c1-11(2)9-16(7-6-13(14)15-17)10-12-5-3-4-8-18-12/h11-12,17H,3-10H2,1-2H3,(H2,14,15). The number of ether oxygens (including phenoxy) is 1. The molecule has 0 amide bonds. The topological polar surface area (TPSA) is 71.1 Å². The van der Waals surface area contributed by atoms with Crippen molar-refractivity contribution >= 4 is 5.84 Å². The van der Waals surface area contributed by atoms with Gasteiger partial charge in [-0.15, -0.1) is 0 Å². The second-order valence-corrected chi connectivity index (χ2v) is 5.48. The summed E-state index contributed by atoms with van der Waals surface area (Å²) in [4.78, 5) is 2.36. The molecule has 106 valence electrons. The van der Waals surface area contributed by atoms with Crippen molar-refractivity contribution in [3.8, 4) is 0 Å². The van der Waals surface area contributed by atoms with Gasteiger partial charge < -0.3 is 20.6 Å². The molecule has 0 radical (unpaired) electrons. The lowest BCUT2D eigenvalue weighted by molar-refractivity contribution is -0.00699. The highest BCUT2D eigenvalue weighted by Gasteiger charge is 2.18. The van der Waals surface area contributed by atoms with Gasteiger partial charge in [-0.05, 0) is 25.2 Å². The lowest BCUT2D eigenvalue weighted by Crippen LogP contribution is -2.39. The average molecular weight is 257 g/mol. The molecule has 0 bridgehead atoms. The quantitative estimate of drug-likeness (QED) is 0.315. The summed E-state index contributed by atoms with van der Waals surface area (Å²) in [5.41, 5.74) is 5.53. The summed E-state index contributed by atoms with van der Waals surface area (Å²) in [5.74, 6) is 0.911. The first kappa shape index (κ1) is 15.2. The number of rotatable bonds is 7. The van der Waals surface area contributed by atoms with Crippen molar-refractivity contribution in [1.29, 1.82) is 0 Å². The zero-order chi connectivity index (χ0) is 13.4. The molecule has 5 heteroatoms. The van der Waals surface area contributed by atoms with Gasteiger partial charge in [0.05, 0.1) is 6.10 Å². The van der Waals surface area contributed by atoms with Crippen LogP contribution in [-0.4, -0.2) is 48.3 Å². The Bertz CT molecular complexity index is 251. The van der Waals surface area contributed by atoms with Crippen molar-refractivity contribution in [3.63, 3.8) is 0 Å². The molecule has 1 rings (SSSR count). The lowest BCUT2D eigenvalue weighted by atomic mass is 10.1. The monoisotopic (exact) mass is 257 g/mol. The van der Waals surface area contributed by atoms with Crippen molar-refractivity contribution in [2.75, 3.05) is 26.2 Å². The summed E-state index contributed by atoms with van der Waals surface area (Å²) in [7, 11) is 0. The summed E-state index contributed by atoms with van der Waals surface area (Å²) < 4.78 is 5.77. The van der Waals surface area contributed by atoms with Gasteiger partial charge in [-0.1, -0.05) is 19.0 Å². The minimum absolute atomic E-state index is 0.299. The Morgan fingerprint density at radius 2 is 2.28 bits per heavy atom. The van der Waals surface area contributed by atoms with Gasteiger partial charge in [-0.2, -0.15) is 0 Å². The van der Waals surface area contributed by atoms with Crippen molar-refractivity contribution in [3.05, 3.63) is 0 Å². The molecule has 0 aromatic rings. The van der Waals surface area contributed by atoms with E-state index in [2.05, 4.69) is 23.9 Å². The van der Waals surface area contributed by atoms with Crippen molar-refractivity contribution in [1.82, 2.24) is 4.90 Å². The summed E-state index contributed by atoms with van der Waals surface area (Å²) >= 11 is 0. The number of hydrogen-bond donors (Lipinski definition) is 2. The number of hydrogen-bond acceptors (Lipinski definition) is 4. The van der Waals surface area contributed by atoms with Crippen molar-refractivity contribution in [2.24, 2.45) is 16.8 Å². The minimum atomic E-state index is 0.299. The molecule has 1 fully saturated rings. The van der Waals surface area contributed by atoms with Crippen LogP contribution in [0.25, 0.3) is 0 Å². The zero-order valence-corrected chi connectivity index (χ0v) is 11.6. The number of oxime groups is 1. The molecule has 18 heavy (non-hydrogen) atoms. The molecule has 1 saturated heterocycles. The van der Waals surface area contributed by atoms with Crippen LogP contribution in [0.1, 0.15) is 39.5 Å². The molecule has 1 heterocycles. The predicted octanol–water partition coefficient (Wildman–Crippen LogP) is 1.65. The van der Waals surface area contributed by atoms with E-state index in [4.69, 9.17) is 15.7 Å². The van der Waals surface area contributed by atoms with Gasteiger partial charge in [-0.25, -0.2) is 0 Å². The highest BCUT2D eigenvalue weighted by atomic mass is 16.5. The first-order chi connectivity index (χ1) is 8.61. The Morgan fingerprint density at radius 1 is 1.50 bits per heavy atom. The van der Waals surface area contributed by atoms with Crippen LogP contribution in [0.5, 0.6) is 0 Å². The molecule has 0 spiro atoms. The molecule has 0 saturated carbocycles. The maximum absolute atomic E-state index is 8.57. The third kappa shape index (κ3) is 6.21. The van der Waals surface area contributed by atoms with Gasteiger partial charge in [0.25, 0.3) is 0 Å². The van der Waals surface area contributed by atoms with Gasteiger partial charge in [0.15, 0.2) is 0 Å². The smallest absolute Gasteiger partial charge is 0.140 e. The molecule has 0 aromatic heterocycles. The third-order valence-electron chi connectivity index (χ3n) is 3.17. The normalized spacial score (nSPS) is 21.8. The first-order valence-corrected chi connectivity index (χ1v) is 6.92. The van der Waals surface area contributed by atoms with Gasteiger partial charge in [0.1, 0.15) is 5.84 Å². The van der Waals surface area contributed by atoms with E-state index in [9.17, 15) is 0 Å². The summed E-state index contributed by atoms with van der Waals surface area (Å²) in [6.45, 7) is 8.11. The van der Waals surface area contributed by atoms with Crippen molar-refractivity contribution in [2.45, 2.75) is 45.6 Å². The molecular formula is C13H27N3O2. The fourth-order valence-electron chi connectivity index (χ4n) is 2.34. The third-order valence-corrected chi connectivity index (χ3v) is 3.17. The summed E-state index contributed by atoms with van der Waals surface area (Å²) in [5, 5.41) is 11.6. The number of amidine groups is 1. The number of nitrogens with two attached hydrogens (primary N) is 1. The Labute approximate surface area is 110 Å². The lowest BCUT2D eigenvalue weighted by Gasteiger charge is -2.30. The van der Waals surface area contributed by atoms with E-state index in [1.807, 2.05) is 0 Å². The Balaban J connectivity index is 2.38. The summed E-state index contributed by atoms with van der Waals surface area (Å²) in [6, 6.07) is 0. The molecule has 1 aliphatic rings. The highest BCUT2D eigenvalue weighted by Crippen LogP contribution is 2.14. The first-order valence-electron chi connectivity index (χ1n) is 6.92. The van der Waals surface area contributed by atoms with Crippen LogP contribution in [0.2, 0.25) is 0 Å². The van der Waals surface area contributed by atoms with Crippen LogP contribution in [-0.2, 0) is 4.74 Å². The minimum Gasteiger partial charge on any atom is -0.409 e. The van der Waals surface area contributed by atoms with E-state index in [-0.39, 0.29) is 0 Å². The van der Waals surface area contributed by atoms with Crippen LogP contribution in [0, 0.1) is 5.92 Å².